The van der Waals surface area contributed by atoms with E-state index in [0.29, 0.717) is 27.1 Å². The number of benzene rings is 1. The minimum atomic E-state index is -0.691. The van der Waals surface area contributed by atoms with Gasteiger partial charge in [0.1, 0.15) is 5.60 Å². The highest BCUT2D eigenvalue weighted by atomic mass is 79.9. The maximum atomic E-state index is 14.7. The minimum absolute atomic E-state index is 0.0701. The van der Waals surface area contributed by atoms with E-state index in [-0.39, 0.29) is 25.4 Å². The standard InChI is InChI=1S/C20H24BrFN4O5/c1-20(2,3)31-18(27)25-9-12-14(10-25)26(19(28)30-5)24-17(12)23-8-11-13(21)6-7-15(29-4)16(11)22/h6-7H,8-10H2,1-5H3,(H,23,24). The van der Waals surface area contributed by atoms with Crippen molar-refractivity contribution in [1.82, 2.24) is 14.7 Å². The van der Waals surface area contributed by atoms with Gasteiger partial charge in [0.05, 0.1) is 33.0 Å². The smallest absolute Gasteiger partial charge is 0.434 e. The number of carbonyl (C=O) groups excluding carboxylic acids is 2. The van der Waals surface area contributed by atoms with Crippen LogP contribution in [0.2, 0.25) is 0 Å². The zero-order valence-electron chi connectivity index (χ0n) is 17.9. The lowest BCUT2D eigenvalue weighted by Gasteiger charge is -2.24. The van der Waals surface area contributed by atoms with Gasteiger partial charge in [-0.3, -0.25) is 4.90 Å². The zero-order valence-corrected chi connectivity index (χ0v) is 19.5. The number of carbonyl (C=O) groups is 2. The van der Waals surface area contributed by atoms with Crippen LogP contribution in [0, 0.1) is 5.82 Å². The van der Waals surface area contributed by atoms with Gasteiger partial charge in [-0.05, 0) is 32.9 Å². The average Bonchev–Trinajstić information content (AvgIpc) is 3.26. The van der Waals surface area contributed by atoms with E-state index in [1.165, 1.54) is 25.2 Å². The molecule has 31 heavy (non-hydrogen) atoms. The number of nitrogens with zero attached hydrogens (tertiary/aromatic N) is 3. The van der Waals surface area contributed by atoms with Crippen LogP contribution >= 0.6 is 15.9 Å². The molecule has 1 amide bonds. The lowest BCUT2D eigenvalue weighted by atomic mass is 10.2. The average molecular weight is 499 g/mol. The Bertz CT molecular complexity index is 1020. The first-order chi connectivity index (χ1) is 14.6. The highest BCUT2D eigenvalue weighted by Crippen LogP contribution is 2.32. The second-order valence-corrected chi connectivity index (χ2v) is 8.74. The molecule has 0 saturated heterocycles. The maximum Gasteiger partial charge on any atom is 0.434 e. The highest BCUT2D eigenvalue weighted by molar-refractivity contribution is 9.10. The fraction of sp³-hybridized carbons (Fsp3) is 0.450. The summed E-state index contributed by atoms with van der Waals surface area (Å²) in [5.41, 5.74) is 0.820. The summed E-state index contributed by atoms with van der Waals surface area (Å²) < 4.78 is 31.6. The summed E-state index contributed by atoms with van der Waals surface area (Å²) >= 11 is 3.34. The van der Waals surface area contributed by atoms with Crippen molar-refractivity contribution in [2.45, 2.75) is 46.0 Å². The van der Waals surface area contributed by atoms with Crippen LogP contribution in [-0.2, 0) is 29.1 Å². The Kier molecular flexibility index (Phi) is 6.44. The molecule has 1 aliphatic rings. The van der Waals surface area contributed by atoms with Crippen molar-refractivity contribution in [3.8, 4) is 5.75 Å². The zero-order chi connectivity index (χ0) is 22.9. The van der Waals surface area contributed by atoms with Crippen molar-refractivity contribution in [2.75, 3.05) is 19.5 Å². The molecule has 0 atom stereocenters. The number of rotatable bonds is 4. The number of amides is 1. The number of halogens is 2. The van der Waals surface area contributed by atoms with E-state index in [0.717, 1.165) is 4.68 Å². The van der Waals surface area contributed by atoms with Crippen molar-refractivity contribution in [3.63, 3.8) is 0 Å². The highest BCUT2D eigenvalue weighted by Gasteiger charge is 2.35. The summed E-state index contributed by atoms with van der Waals surface area (Å²) in [4.78, 5) is 26.1. The molecule has 0 unspecified atom stereocenters. The summed E-state index contributed by atoms with van der Waals surface area (Å²) in [6.07, 6.45) is -1.20. The van der Waals surface area contributed by atoms with E-state index >= 15 is 0 Å². The number of anilines is 1. The van der Waals surface area contributed by atoms with E-state index in [9.17, 15) is 14.0 Å². The van der Waals surface area contributed by atoms with Crippen molar-refractivity contribution in [1.29, 1.82) is 0 Å². The van der Waals surface area contributed by atoms with Gasteiger partial charge in [0.2, 0.25) is 0 Å². The van der Waals surface area contributed by atoms with Crippen LogP contribution in [0.1, 0.15) is 37.6 Å². The van der Waals surface area contributed by atoms with Crippen LogP contribution in [-0.4, -0.2) is 46.7 Å². The number of fused-ring (bicyclic) bond motifs is 1. The monoisotopic (exact) mass is 498 g/mol. The topological polar surface area (TPSA) is 94.9 Å². The number of ether oxygens (including phenoxy) is 3. The molecular formula is C20H24BrFN4O5. The van der Waals surface area contributed by atoms with Gasteiger partial charge in [0, 0.05) is 22.1 Å². The molecule has 0 spiro atoms. The molecule has 2 aromatic rings. The van der Waals surface area contributed by atoms with Crippen LogP contribution in [0.4, 0.5) is 19.8 Å². The normalized spacial score (nSPS) is 13.1. The molecule has 2 heterocycles. The molecule has 11 heteroatoms. The van der Waals surface area contributed by atoms with Crippen LogP contribution in [0.25, 0.3) is 0 Å². The van der Waals surface area contributed by atoms with Gasteiger partial charge in [-0.15, -0.1) is 5.10 Å². The second kappa shape index (κ2) is 8.74. The van der Waals surface area contributed by atoms with Gasteiger partial charge in [0.15, 0.2) is 17.4 Å². The summed E-state index contributed by atoms with van der Waals surface area (Å²) in [5.74, 6) is -0.0502. The fourth-order valence-corrected chi connectivity index (χ4v) is 3.59. The number of hydrogen-bond donors (Lipinski definition) is 1. The molecule has 1 N–H and O–H groups in total. The SMILES string of the molecule is COC(=O)n1nc(NCc2c(Br)ccc(OC)c2F)c2c1CN(C(=O)OC(C)(C)C)C2. The molecule has 0 bridgehead atoms. The minimum Gasteiger partial charge on any atom is -0.494 e. The molecule has 0 aliphatic carbocycles. The summed E-state index contributed by atoms with van der Waals surface area (Å²) in [7, 11) is 2.63. The summed E-state index contributed by atoms with van der Waals surface area (Å²) in [6.45, 7) is 5.71. The number of nitrogens with one attached hydrogen (secondary N) is 1. The Morgan fingerprint density at radius 1 is 1.23 bits per heavy atom. The first-order valence-corrected chi connectivity index (χ1v) is 10.3. The molecule has 3 rings (SSSR count). The Hall–Kier alpha value is -2.82. The number of aromatic nitrogens is 2. The molecule has 1 aromatic carbocycles. The van der Waals surface area contributed by atoms with E-state index < -0.39 is 23.6 Å². The number of hydrogen-bond acceptors (Lipinski definition) is 7. The number of methoxy groups -OCH3 is 2. The van der Waals surface area contributed by atoms with Crippen molar-refractivity contribution >= 4 is 33.9 Å². The van der Waals surface area contributed by atoms with Gasteiger partial charge < -0.3 is 19.5 Å². The van der Waals surface area contributed by atoms with Crippen LogP contribution in [0.3, 0.4) is 0 Å². The summed E-state index contributed by atoms with van der Waals surface area (Å²) in [6, 6.07) is 3.20. The van der Waals surface area contributed by atoms with Crippen molar-refractivity contribution < 1.29 is 28.2 Å². The largest absolute Gasteiger partial charge is 0.494 e. The van der Waals surface area contributed by atoms with Gasteiger partial charge in [0.25, 0.3) is 0 Å². The third kappa shape index (κ3) is 4.76. The molecule has 1 aromatic heterocycles. The van der Waals surface area contributed by atoms with E-state index in [2.05, 4.69) is 26.3 Å². The van der Waals surface area contributed by atoms with Crippen molar-refractivity contribution in [3.05, 3.63) is 39.2 Å². The van der Waals surface area contributed by atoms with Gasteiger partial charge in [-0.1, -0.05) is 15.9 Å². The van der Waals surface area contributed by atoms with Crippen LogP contribution in [0.5, 0.6) is 5.75 Å². The predicted molar refractivity (Wildman–Crippen MR) is 113 cm³/mol. The first kappa shape index (κ1) is 22.9. The second-order valence-electron chi connectivity index (χ2n) is 7.89. The Balaban J connectivity index is 1.87. The molecule has 168 valence electrons. The molecular weight excluding hydrogens is 475 g/mol. The Morgan fingerprint density at radius 3 is 2.55 bits per heavy atom. The van der Waals surface area contributed by atoms with E-state index in [1.807, 2.05) is 0 Å². The molecule has 0 saturated carbocycles. The van der Waals surface area contributed by atoms with Crippen molar-refractivity contribution in [2.24, 2.45) is 0 Å². The molecule has 1 aliphatic heterocycles. The Morgan fingerprint density at radius 2 is 1.94 bits per heavy atom. The predicted octanol–water partition coefficient (Wildman–Crippen LogP) is 4.27. The van der Waals surface area contributed by atoms with Gasteiger partial charge >= 0.3 is 12.2 Å². The quantitative estimate of drug-likeness (QED) is 0.672. The molecule has 0 fully saturated rings. The third-order valence-electron chi connectivity index (χ3n) is 4.58. The molecule has 0 radical (unpaired) electrons. The lowest BCUT2D eigenvalue weighted by Crippen LogP contribution is -2.34. The maximum absolute atomic E-state index is 14.7. The van der Waals surface area contributed by atoms with Crippen LogP contribution in [0.15, 0.2) is 16.6 Å². The van der Waals surface area contributed by atoms with Crippen LogP contribution < -0.4 is 10.1 Å². The molecule has 9 nitrogen and oxygen atoms in total. The van der Waals surface area contributed by atoms with Gasteiger partial charge in [-0.25, -0.2) is 14.0 Å². The fourth-order valence-electron chi connectivity index (χ4n) is 3.14. The lowest BCUT2D eigenvalue weighted by molar-refractivity contribution is 0.0238. The first-order valence-electron chi connectivity index (χ1n) is 9.47. The third-order valence-corrected chi connectivity index (χ3v) is 5.32. The summed E-state index contributed by atoms with van der Waals surface area (Å²) in [5, 5.41) is 7.33. The van der Waals surface area contributed by atoms with E-state index in [4.69, 9.17) is 14.2 Å². The Labute approximate surface area is 187 Å². The van der Waals surface area contributed by atoms with Gasteiger partial charge in [-0.2, -0.15) is 4.68 Å². The van der Waals surface area contributed by atoms with E-state index in [1.54, 1.807) is 26.8 Å².